The van der Waals surface area contributed by atoms with Crippen LogP contribution in [0.4, 0.5) is 0 Å². The van der Waals surface area contributed by atoms with Gasteiger partial charge in [0.15, 0.2) is 4.99 Å². The molecule has 3 heteroatoms. The van der Waals surface area contributed by atoms with Crippen molar-refractivity contribution in [3.63, 3.8) is 0 Å². The molecule has 0 aliphatic heterocycles. The molecular formula is C4H10BrNS. The van der Waals surface area contributed by atoms with E-state index >= 15 is 0 Å². The summed E-state index contributed by atoms with van der Waals surface area (Å²) >= 11 is 4.78. The summed E-state index contributed by atoms with van der Waals surface area (Å²) in [5.41, 5.74) is 0. The predicted molar refractivity (Wildman–Crippen MR) is 31.1 cm³/mol. The van der Waals surface area contributed by atoms with E-state index in [-0.39, 0.29) is 17.0 Å². The summed E-state index contributed by atoms with van der Waals surface area (Å²) < 4.78 is 0. The summed E-state index contributed by atoms with van der Waals surface area (Å²) in [7, 11) is 4.03. The van der Waals surface area contributed by atoms with Crippen molar-refractivity contribution in [2.75, 3.05) is 14.1 Å². The number of halogens is 1. The number of thiocarbonyl (C=S) groups is 1. The molecule has 1 nitrogen and oxygen atoms in total. The van der Waals surface area contributed by atoms with Gasteiger partial charge in [0, 0.05) is 6.92 Å². The average molecular weight is 184 g/mol. The fourth-order valence-corrected chi connectivity index (χ4v) is 0. The van der Waals surface area contributed by atoms with Crippen molar-refractivity contribution < 1.29 is 21.9 Å². The molecule has 0 atom stereocenters. The number of rotatable bonds is 0. The number of hydrogen-bond acceptors (Lipinski definition) is 1. The molecule has 0 amide bonds. The van der Waals surface area contributed by atoms with Gasteiger partial charge in [-0.05, 0) is 12.2 Å². The molecule has 0 radical (unpaired) electrons. The fraction of sp³-hybridized carbons (Fsp3) is 0.750. The van der Waals surface area contributed by atoms with Gasteiger partial charge in [-0.3, -0.25) is 0 Å². The third kappa shape index (κ3) is 6.53. The molecule has 7 heavy (non-hydrogen) atoms. The SMILES string of the molecule is CC(=S)[NH+](C)C.[Br-]. The highest BCUT2D eigenvalue weighted by atomic mass is 79.9. The molecule has 0 rings (SSSR count). The van der Waals surface area contributed by atoms with Gasteiger partial charge >= 0.3 is 0 Å². The zero-order valence-electron chi connectivity index (χ0n) is 4.79. The molecule has 0 aromatic carbocycles. The number of nitrogens with one attached hydrogen (secondary N) is 1. The van der Waals surface area contributed by atoms with Crippen molar-refractivity contribution in [3.8, 4) is 0 Å². The second-order valence-corrected chi connectivity index (χ2v) is 2.17. The van der Waals surface area contributed by atoms with Gasteiger partial charge in [0.25, 0.3) is 0 Å². The Bertz CT molecular complexity index is 62.7. The highest BCUT2D eigenvalue weighted by molar-refractivity contribution is 7.79. The Labute approximate surface area is 60.5 Å². The quantitative estimate of drug-likeness (QED) is 0.382. The van der Waals surface area contributed by atoms with Crippen LogP contribution < -0.4 is 21.9 Å². The standard InChI is InChI=1S/C4H9NS.BrH/c1-4(6)5(2)3;/h1-3H3;1H. The number of hydrogen-bond donors (Lipinski definition) is 1. The summed E-state index contributed by atoms with van der Waals surface area (Å²) in [6, 6.07) is 0. The molecule has 0 spiro atoms. The second kappa shape index (κ2) is 4.68. The van der Waals surface area contributed by atoms with Gasteiger partial charge in [-0.2, -0.15) is 0 Å². The summed E-state index contributed by atoms with van der Waals surface area (Å²) in [6.07, 6.45) is 0. The molecule has 0 aliphatic rings. The van der Waals surface area contributed by atoms with Gasteiger partial charge in [0.2, 0.25) is 0 Å². The van der Waals surface area contributed by atoms with Crippen molar-refractivity contribution in [1.29, 1.82) is 0 Å². The highest BCUT2D eigenvalue weighted by Crippen LogP contribution is 1.50. The van der Waals surface area contributed by atoms with Gasteiger partial charge in [0.05, 0.1) is 14.1 Å². The van der Waals surface area contributed by atoms with E-state index in [9.17, 15) is 0 Å². The Morgan fingerprint density at radius 1 is 1.43 bits per heavy atom. The zero-order valence-corrected chi connectivity index (χ0v) is 7.19. The van der Waals surface area contributed by atoms with Crippen LogP contribution in [0, 0.1) is 0 Å². The Hall–Kier alpha value is 0.530. The Morgan fingerprint density at radius 3 is 1.57 bits per heavy atom. The molecule has 44 valence electrons. The number of quaternary nitrogens is 1. The topological polar surface area (TPSA) is 4.44 Å². The Balaban J connectivity index is 0. The molecule has 0 aromatic heterocycles. The lowest BCUT2D eigenvalue weighted by atomic mass is 10.7. The Morgan fingerprint density at radius 2 is 1.57 bits per heavy atom. The largest absolute Gasteiger partial charge is 1.00 e. The van der Waals surface area contributed by atoms with Crippen LogP contribution in [0.25, 0.3) is 0 Å². The minimum atomic E-state index is 0. The van der Waals surface area contributed by atoms with Crippen molar-refractivity contribution >= 4 is 17.2 Å². The molecule has 0 heterocycles. The third-order valence-corrected chi connectivity index (χ3v) is 1.11. The van der Waals surface area contributed by atoms with Gasteiger partial charge in [-0.15, -0.1) is 0 Å². The summed E-state index contributed by atoms with van der Waals surface area (Å²) in [6.45, 7) is 1.94. The normalized spacial score (nSPS) is 8.00. The van der Waals surface area contributed by atoms with E-state index in [1.165, 1.54) is 4.90 Å². The minimum absolute atomic E-state index is 0. The minimum Gasteiger partial charge on any atom is -1.00 e. The Kier molecular flexibility index (Phi) is 7.02. The van der Waals surface area contributed by atoms with E-state index in [2.05, 4.69) is 0 Å². The molecule has 0 saturated heterocycles. The second-order valence-electron chi connectivity index (χ2n) is 1.56. The van der Waals surface area contributed by atoms with E-state index in [1.54, 1.807) is 0 Å². The van der Waals surface area contributed by atoms with Crippen LogP contribution in [-0.4, -0.2) is 19.1 Å². The van der Waals surface area contributed by atoms with Gasteiger partial charge in [-0.25, -0.2) is 0 Å². The molecular weight excluding hydrogens is 174 g/mol. The van der Waals surface area contributed by atoms with E-state index in [4.69, 9.17) is 12.2 Å². The van der Waals surface area contributed by atoms with Crippen molar-refractivity contribution in [2.24, 2.45) is 0 Å². The van der Waals surface area contributed by atoms with Crippen molar-refractivity contribution in [2.45, 2.75) is 6.92 Å². The van der Waals surface area contributed by atoms with Crippen LogP contribution in [0.2, 0.25) is 0 Å². The fourth-order valence-electron chi connectivity index (χ4n) is 0. The first-order chi connectivity index (χ1) is 2.64. The summed E-state index contributed by atoms with van der Waals surface area (Å²) in [5, 5.41) is 0. The van der Waals surface area contributed by atoms with Crippen LogP contribution >= 0.6 is 12.2 Å². The maximum Gasteiger partial charge on any atom is 0.168 e. The van der Waals surface area contributed by atoms with E-state index in [0.717, 1.165) is 4.99 Å². The first kappa shape index (κ1) is 10.5. The van der Waals surface area contributed by atoms with Crippen LogP contribution in [0.15, 0.2) is 0 Å². The predicted octanol–water partition coefficient (Wildman–Crippen LogP) is -3.52. The third-order valence-electron chi connectivity index (χ3n) is 0.704. The maximum absolute atomic E-state index is 4.78. The van der Waals surface area contributed by atoms with Crippen LogP contribution in [0.1, 0.15) is 6.92 Å². The summed E-state index contributed by atoms with van der Waals surface area (Å²) in [4.78, 5) is 2.25. The smallest absolute Gasteiger partial charge is 0.168 e. The highest BCUT2D eigenvalue weighted by Gasteiger charge is 1.89. The molecule has 0 bridgehead atoms. The lowest BCUT2D eigenvalue weighted by molar-refractivity contribution is -0.755. The van der Waals surface area contributed by atoms with E-state index < -0.39 is 0 Å². The van der Waals surface area contributed by atoms with Crippen molar-refractivity contribution in [1.82, 2.24) is 0 Å². The van der Waals surface area contributed by atoms with Gasteiger partial charge < -0.3 is 21.9 Å². The van der Waals surface area contributed by atoms with Crippen LogP contribution in [-0.2, 0) is 0 Å². The summed E-state index contributed by atoms with van der Waals surface area (Å²) in [5.74, 6) is 0. The first-order valence-corrected chi connectivity index (χ1v) is 2.36. The molecule has 0 fully saturated rings. The molecule has 0 unspecified atom stereocenters. The lowest BCUT2D eigenvalue weighted by Gasteiger charge is -1.99. The van der Waals surface area contributed by atoms with E-state index in [0.29, 0.717) is 0 Å². The first-order valence-electron chi connectivity index (χ1n) is 1.95. The molecule has 1 N–H and O–H groups in total. The average Bonchev–Trinajstić information content (AvgIpc) is 1.36. The molecule has 0 aliphatic carbocycles. The lowest BCUT2D eigenvalue weighted by Crippen LogP contribution is -3.07. The van der Waals surface area contributed by atoms with Gasteiger partial charge in [0.1, 0.15) is 0 Å². The molecule has 0 aromatic rings. The van der Waals surface area contributed by atoms with Gasteiger partial charge in [-0.1, -0.05) is 0 Å². The zero-order chi connectivity index (χ0) is 5.15. The maximum atomic E-state index is 4.78. The monoisotopic (exact) mass is 183 g/mol. The van der Waals surface area contributed by atoms with Crippen LogP contribution in [0.5, 0.6) is 0 Å². The van der Waals surface area contributed by atoms with E-state index in [1.807, 2.05) is 21.0 Å². The molecule has 0 saturated carbocycles. The van der Waals surface area contributed by atoms with Crippen LogP contribution in [0.3, 0.4) is 0 Å². The van der Waals surface area contributed by atoms with Crippen molar-refractivity contribution in [3.05, 3.63) is 0 Å².